The summed E-state index contributed by atoms with van der Waals surface area (Å²) in [6, 6.07) is 7.03. The van der Waals surface area contributed by atoms with Gasteiger partial charge in [0.25, 0.3) is 0 Å². The number of hydrogen-bond acceptors (Lipinski definition) is 4. The van der Waals surface area contributed by atoms with Crippen molar-refractivity contribution in [2.75, 3.05) is 20.2 Å². The number of ether oxygens (including phenoxy) is 2. The van der Waals surface area contributed by atoms with Gasteiger partial charge in [0, 0.05) is 31.8 Å². The maximum atomic E-state index is 12.7. The highest BCUT2D eigenvalue weighted by Gasteiger charge is 2.45. The molecule has 0 aromatic heterocycles. The van der Waals surface area contributed by atoms with Crippen molar-refractivity contribution in [1.29, 1.82) is 0 Å². The highest BCUT2D eigenvalue weighted by molar-refractivity contribution is 5.81. The van der Waals surface area contributed by atoms with Crippen LogP contribution in [0.2, 0.25) is 0 Å². The van der Waals surface area contributed by atoms with E-state index >= 15 is 0 Å². The first-order valence-electron chi connectivity index (χ1n) is 9.05. The van der Waals surface area contributed by atoms with Crippen LogP contribution in [0.1, 0.15) is 32.1 Å². The molecule has 1 aliphatic carbocycles. The lowest BCUT2D eigenvalue weighted by molar-refractivity contribution is -0.162. The number of carboxylic acids is 1. The van der Waals surface area contributed by atoms with Gasteiger partial charge in [-0.05, 0) is 31.4 Å². The Bertz CT molecular complexity index is 691. The van der Waals surface area contributed by atoms with Crippen LogP contribution in [0.15, 0.2) is 36.4 Å². The molecule has 6 heteroatoms. The SMILES string of the molecule is COc1ccccc1OC1(C(=O)O)CCN(C(=O)[C@H]2CC=CCC2)CC1. The molecule has 0 bridgehead atoms. The van der Waals surface area contributed by atoms with Crippen LogP contribution in [0.4, 0.5) is 0 Å². The molecule has 1 atom stereocenters. The molecule has 0 unspecified atom stereocenters. The van der Waals surface area contributed by atoms with Gasteiger partial charge in [-0.25, -0.2) is 4.79 Å². The average molecular weight is 359 g/mol. The minimum absolute atomic E-state index is 0.0208. The molecule has 2 aliphatic rings. The van der Waals surface area contributed by atoms with Gasteiger partial charge in [0.15, 0.2) is 11.5 Å². The van der Waals surface area contributed by atoms with Gasteiger partial charge in [0.1, 0.15) is 0 Å². The highest BCUT2D eigenvalue weighted by Crippen LogP contribution is 2.35. The molecule has 1 amide bonds. The number of rotatable bonds is 5. The topological polar surface area (TPSA) is 76.1 Å². The minimum atomic E-state index is -1.34. The third-order valence-electron chi connectivity index (χ3n) is 5.27. The van der Waals surface area contributed by atoms with Gasteiger partial charge in [-0.3, -0.25) is 4.79 Å². The van der Waals surface area contributed by atoms with E-state index in [4.69, 9.17) is 9.47 Å². The second kappa shape index (κ2) is 7.81. The van der Waals surface area contributed by atoms with E-state index in [1.165, 1.54) is 7.11 Å². The smallest absolute Gasteiger partial charge is 0.348 e. The van der Waals surface area contributed by atoms with Crippen LogP contribution in [-0.4, -0.2) is 47.7 Å². The number of nitrogens with zero attached hydrogens (tertiary/aromatic N) is 1. The Labute approximate surface area is 153 Å². The monoisotopic (exact) mass is 359 g/mol. The summed E-state index contributed by atoms with van der Waals surface area (Å²) < 4.78 is 11.2. The van der Waals surface area contributed by atoms with Crippen molar-refractivity contribution in [2.24, 2.45) is 5.92 Å². The van der Waals surface area contributed by atoms with Gasteiger partial charge in [-0.15, -0.1) is 0 Å². The fraction of sp³-hybridized carbons (Fsp3) is 0.500. The van der Waals surface area contributed by atoms with Crippen molar-refractivity contribution in [3.8, 4) is 11.5 Å². The van der Waals surface area contributed by atoms with E-state index < -0.39 is 11.6 Å². The Hall–Kier alpha value is -2.50. The summed E-state index contributed by atoms with van der Waals surface area (Å²) in [4.78, 5) is 26.4. The van der Waals surface area contributed by atoms with Gasteiger partial charge < -0.3 is 19.5 Å². The third-order valence-corrected chi connectivity index (χ3v) is 5.27. The summed E-state index contributed by atoms with van der Waals surface area (Å²) in [5.41, 5.74) is -1.34. The molecule has 3 rings (SSSR count). The Kier molecular flexibility index (Phi) is 5.49. The van der Waals surface area contributed by atoms with Crippen LogP contribution >= 0.6 is 0 Å². The van der Waals surface area contributed by atoms with Gasteiger partial charge in [0.05, 0.1) is 7.11 Å². The quantitative estimate of drug-likeness (QED) is 0.818. The summed E-state index contributed by atoms with van der Waals surface area (Å²) in [6.45, 7) is 0.779. The molecule has 1 fully saturated rings. The average Bonchev–Trinajstić information content (AvgIpc) is 2.69. The number of carboxylic acid groups (broad SMARTS) is 1. The zero-order chi connectivity index (χ0) is 18.6. The second-order valence-electron chi connectivity index (χ2n) is 6.86. The van der Waals surface area contributed by atoms with E-state index in [0.29, 0.717) is 24.6 Å². The fourth-order valence-electron chi connectivity index (χ4n) is 3.64. The molecular formula is C20H25NO5. The minimum Gasteiger partial charge on any atom is -0.493 e. The van der Waals surface area contributed by atoms with Crippen LogP contribution < -0.4 is 9.47 Å². The molecule has 1 aromatic rings. The number of hydrogen-bond donors (Lipinski definition) is 1. The standard InChI is InChI=1S/C20H25NO5/c1-25-16-9-5-6-10-17(16)26-20(19(23)24)11-13-21(14-12-20)18(22)15-7-3-2-4-8-15/h2-3,5-6,9-10,15H,4,7-8,11-14H2,1H3,(H,23,24)/t15-/m0/s1. The molecule has 1 N–H and O–H groups in total. The lowest BCUT2D eigenvalue weighted by Gasteiger charge is -2.40. The van der Waals surface area contributed by atoms with Crippen LogP contribution in [0, 0.1) is 5.92 Å². The van der Waals surface area contributed by atoms with Crippen LogP contribution in [0.5, 0.6) is 11.5 Å². The molecule has 0 spiro atoms. The maximum Gasteiger partial charge on any atom is 0.348 e. The van der Waals surface area contributed by atoms with Crippen molar-refractivity contribution in [1.82, 2.24) is 4.90 Å². The number of carbonyl (C=O) groups is 2. The van der Waals surface area contributed by atoms with E-state index in [-0.39, 0.29) is 24.7 Å². The van der Waals surface area contributed by atoms with E-state index in [0.717, 1.165) is 19.3 Å². The molecule has 140 valence electrons. The van der Waals surface area contributed by atoms with Crippen LogP contribution in [0.25, 0.3) is 0 Å². The van der Waals surface area contributed by atoms with Gasteiger partial charge in [-0.2, -0.15) is 0 Å². The first-order valence-corrected chi connectivity index (χ1v) is 9.05. The van der Waals surface area contributed by atoms with Gasteiger partial charge in [-0.1, -0.05) is 24.3 Å². The molecule has 1 aromatic carbocycles. The Morgan fingerprint density at radius 2 is 1.85 bits per heavy atom. The van der Waals surface area contributed by atoms with Gasteiger partial charge in [0.2, 0.25) is 11.5 Å². The van der Waals surface area contributed by atoms with E-state index in [1.54, 1.807) is 29.2 Å². The van der Waals surface area contributed by atoms with Gasteiger partial charge >= 0.3 is 5.97 Å². The predicted octanol–water partition coefficient (Wildman–Crippen LogP) is 2.88. The Morgan fingerprint density at radius 3 is 2.42 bits per heavy atom. The fourth-order valence-corrected chi connectivity index (χ4v) is 3.64. The number of carbonyl (C=O) groups excluding carboxylic acids is 1. The molecule has 6 nitrogen and oxygen atoms in total. The number of amides is 1. The molecule has 26 heavy (non-hydrogen) atoms. The van der Waals surface area contributed by atoms with Crippen molar-refractivity contribution >= 4 is 11.9 Å². The molecule has 0 radical (unpaired) electrons. The second-order valence-corrected chi connectivity index (χ2v) is 6.86. The van der Waals surface area contributed by atoms with E-state index in [1.807, 2.05) is 0 Å². The summed E-state index contributed by atoms with van der Waals surface area (Å²) in [5.74, 6) is 0.0596. The van der Waals surface area contributed by atoms with Crippen molar-refractivity contribution in [2.45, 2.75) is 37.7 Å². The van der Waals surface area contributed by atoms with Crippen molar-refractivity contribution < 1.29 is 24.2 Å². The van der Waals surface area contributed by atoms with Crippen molar-refractivity contribution in [3.63, 3.8) is 0 Å². The molecule has 1 aliphatic heterocycles. The summed E-state index contributed by atoms with van der Waals surface area (Å²) >= 11 is 0. The highest BCUT2D eigenvalue weighted by atomic mass is 16.5. The lowest BCUT2D eigenvalue weighted by Crippen LogP contribution is -2.55. The predicted molar refractivity (Wildman–Crippen MR) is 96.3 cm³/mol. The normalized spacial score (nSPS) is 21.9. The Balaban J connectivity index is 1.70. The summed E-state index contributed by atoms with van der Waals surface area (Å²) in [6.07, 6.45) is 7.26. The third kappa shape index (κ3) is 3.69. The zero-order valence-corrected chi connectivity index (χ0v) is 15.0. The van der Waals surface area contributed by atoms with Crippen LogP contribution in [0.3, 0.4) is 0 Å². The first kappa shape index (κ1) is 18.3. The number of methoxy groups -OCH3 is 1. The first-order chi connectivity index (χ1) is 12.6. The van der Waals surface area contributed by atoms with E-state index in [9.17, 15) is 14.7 Å². The number of piperidine rings is 1. The van der Waals surface area contributed by atoms with Crippen molar-refractivity contribution in [3.05, 3.63) is 36.4 Å². The maximum absolute atomic E-state index is 12.7. The molecule has 0 saturated carbocycles. The molecular weight excluding hydrogens is 334 g/mol. The number of para-hydroxylation sites is 2. The summed E-state index contributed by atoms with van der Waals surface area (Å²) in [7, 11) is 1.52. The summed E-state index contributed by atoms with van der Waals surface area (Å²) in [5, 5.41) is 9.81. The number of aliphatic carboxylic acids is 1. The Morgan fingerprint density at radius 1 is 1.15 bits per heavy atom. The molecule has 1 saturated heterocycles. The number of allylic oxidation sites excluding steroid dienone is 2. The lowest BCUT2D eigenvalue weighted by atomic mass is 9.88. The zero-order valence-electron chi connectivity index (χ0n) is 15.0. The largest absolute Gasteiger partial charge is 0.493 e. The molecule has 1 heterocycles. The number of likely N-dealkylation sites (tertiary alicyclic amines) is 1. The van der Waals surface area contributed by atoms with Crippen LogP contribution in [-0.2, 0) is 9.59 Å². The number of benzene rings is 1. The van der Waals surface area contributed by atoms with E-state index in [2.05, 4.69) is 12.2 Å².